The molecule has 0 amide bonds. The van der Waals surface area contributed by atoms with Crippen LogP contribution in [0.3, 0.4) is 0 Å². The van der Waals surface area contributed by atoms with Gasteiger partial charge in [0.05, 0.1) is 12.6 Å². The second kappa shape index (κ2) is 7.96. The minimum absolute atomic E-state index is 0.438. The summed E-state index contributed by atoms with van der Waals surface area (Å²) in [7, 11) is 2.06. The molecule has 0 aliphatic carbocycles. The molecule has 1 N–H and O–H groups in total. The first-order chi connectivity index (χ1) is 12.0. The maximum atomic E-state index is 10.6. The summed E-state index contributed by atoms with van der Waals surface area (Å²) in [5.41, 5.74) is 2.13. The molecular formula is C20H24Cl2N2O. The molecule has 0 bridgehead atoms. The van der Waals surface area contributed by atoms with Crippen molar-refractivity contribution in [2.45, 2.75) is 32.4 Å². The van der Waals surface area contributed by atoms with E-state index in [-0.39, 0.29) is 0 Å². The van der Waals surface area contributed by atoms with Crippen LogP contribution in [0, 0.1) is 0 Å². The highest BCUT2D eigenvalue weighted by atomic mass is 35.5. The quantitative estimate of drug-likeness (QED) is 0.612. The van der Waals surface area contributed by atoms with Crippen molar-refractivity contribution in [2.24, 2.45) is 0 Å². The number of aliphatic hydroxyl groups is 1. The Bertz CT molecular complexity index is 816. The number of unbranched alkanes of at least 4 members (excludes halogenated alkanes) is 1. The minimum Gasteiger partial charge on any atom is -0.390 e. The van der Waals surface area contributed by atoms with Crippen molar-refractivity contribution >= 4 is 45.0 Å². The number of benzene rings is 2. The molecule has 0 aliphatic rings. The van der Waals surface area contributed by atoms with Crippen LogP contribution in [0.2, 0.25) is 10.0 Å². The minimum atomic E-state index is -0.438. The lowest BCUT2D eigenvalue weighted by atomic mass is 10.1. The average Bonchev–Trinajstić information content (AvgIpc) is 2.85. The van der Waals surface area contributed by atoms with Gasteiger partial charge in [0.25, 0.3) is 0 Å². The van der Waals surface area contributed by atoms with Crippen molar-refractivity contribution in [1.29, 1.82) is 0 Å². The first kappa shape index (κ1) is 18.5. The van der Waals surface area contributed by atoms with E-state index in [1.807, 2.05) is 36.4 Å². The molecule has 3 rings (SSSR count). The lowest BCUT2D eigenvalue weighted by Crippen LogP contribution is -2.32. The number of aliphatic hydroxyl groups excluding tert-OH is 1. The van der Waals surface area contributed by atoms with Gasteiger partial charge in [0.2, 0.25) is 0 Å². The monoisotopic (exact) mass is 378 g/mol. The number of nitrogens with zero attached hydrogens (tertiary/aromatic N) is 2. The zero-order valence-corrected chi connectivity index (χ0v) is 16.2. The fourth-order valence-corrected chi connectivity index (χ4v) is 3.74. The van der Waals surface area contributed by atoms with Crippen LogP contribution < -0.4 is 0 Å². The fraction of sp³-hybridized carbons (Fsp3) is 0.400. The molecular weight excluding hydrogens is 355 g/mol. The van der Waals surface area contributed by atoms with E-state index in [1.165, 1.54) is 0 Å². The van der Waals surface area contributed by atoms with Gasteiger partial charge < -0.3 is 14.6 Å². The van der Waals surface area contributed by atoms with E-state index in [0.717, 1.165) is 41.2 Å². The van der Waals surface area contributed by atoms with Gasteiger partial charge in [-0.3, -0.25) is 0 Å². The van der Waals surface area contributed by atoms with Gasteiger partial charge in [-0.05, 0) is 56.4 Å². The maximum Gasteiger partial charge on any atom is 0.0845 e. The predicted molar refractivity (Wildman–Crippen MR) is 108 cm³/mol. The highest BCUT2D eigenvalue weighted by Gasteiger charge is 2.15. The molecule has 0 fully saturated rings. The fourth-order valence-electron chi connectivity index (χ4n) is 3.39. The van der Waals surface area contributed by atoms with Gasteiger partial charge in [0, 0.05) is 38.4 Å². The van der Waals surface area contributed by atoms with Crippen molar-refractivity contribution in [1.82, 2.24) is 9.47 Å². The van der Waals surface area contributed by atoms with E-state index >= 15 is 0 Å². The molecule has 3 nitrogen and oxygen atoms in total. The van der Waals surface area contributed by atoms with Gasteiger partial charge in [0.15, 0.2) is 0 Å². The SMILES string of the molecule is CCCCN(C)CC(O)Cn1c2ccc(Cl)cc2c2cc(Cl)ccc21. The van der Waals surface area contributed by atoms with Gasteiger partial charge in [-0.2, -0.15) is 0 Å². The summed E-state index contributed by atoms with van der Waals surface area (Å²) in [6.07, 6.45) is 1.87. The number of likely N-dealkylation sites (N-methyl/N-ethyl adjacent to an activating group) is 1. The summed E-state index contributed by atoms with van der Waals surface area (Å²) < 4.78 is 2.16. The lowest BCUT2D eigenvalue weighted by molar-refractivity contribution is 0.111. The Morgan fingerprint density at radius 1 is 1.04 bits per heavy atom. The normalized spacial score (nSPS) is 13.2. The summed E-state index contributed by atoms with van der Waals surface area (Å²) >= 11 is 12.4. The molecule has 0 radical (unpaired) electrons. The molecule has 0 saturated heterocycles. The summed E-state index contributed by atoms with van der Waals surface area (Å²) in [5, 5.41) is 14.1. The standard InChI is InChI=1S/C20H24Cl2N2O/c1-3-4-9-23(2)12-16(25)13-24-19-7-5-14(21)10-17(19)18-11-15(22)6-8-20(18)24/h5-8,10-11,16,25H,3-4,9,12-13H2,1-2H3. The number of hydrogen-bond acceptors (Lipinski definition) is 2. The first-order valence-corrected chi connectivity index (χ1v) is 9.48. The zero-order chi connectivity index (χ0) is 18.0. The summed E-state index contributed by atoms with van der Waals surface area (Å²) in [6, 6.07) is 11.7. The summed E-state index contributed by atoms with van der Waals surface area (Å²) in [4.78, 5) is 2.19. The Morgan fingerprint density at radius 2 is 1.60 bits per heavy atom. The van der Waals surface area contributed by atoms with Crippen LogP contribution in [0.25, 0.3) is 21.8 Å². The Morgan fingerprint density at radius 3 is 2.12 bits per heavy atom. The van der Waals surface area contributed by atoms with Crippen LogP contribution in [-0.4, -0.2) is 40.8 Å². The molecule has 3 aromatic rings. The van der Waals surface area contributed by atoms with Gasteiger partial charge in [-0.15, -0.1) is 0 Å². The summed E-state index contributed by atoms with van der Waals surface area (Å²) in [6.45, 7) is 4.38. The van der Waals surface area contributed by atoms with E-state index < -0.39 is 6.10 Å². The van der Waals surface area contributed by atoms with Crippen LogP contribution in [-0.2, 0) is 6.54 Å². The van der Waals surface area contributed by atoms with E-state index in [2.05, 4.69) is 23.4 Å². The molecule has 1 atom stereocenters. The molecule has 5 heteroatoms. The molecule has 25 heavy (non-hydrogen) atoms. The lowest BCUT2D eigenvalue weighted by Gasteiger charge is -2.21. The van der Waals surface area contributed by atoms with Crippen LogP contribution in [0.1, 0.15) is 19.8 Å². The Balaban J connectivity index is 1.94. The largest absolute Gasteiger partial charge is 0.390 e. The number of rotatable bonds is 7. The molecule has 1 aromatic heterocycles. The van der Waals surface area contributed by atoms with Crippen LogP contribution in [0.4, 0.5) is 0 Å². The number of hydrogen-bond donors (Lipinski definition) is 1. The van der Waals surface area contributed by atoms with E-state index in [4.69, 9.17) is 23.2 Å². The Labute approximate surface area is 158 Å². The number of fused-ring (bicyclic) bond motifs is 3. The smallest absolute Gasteiger partial charge is 0.0845 e. The predicted octanol–water partition coefficient (Wildman–Crippen LogP) is 5.19. The highest BCUT2D eigenvalue weighted by molar-refractivity contribution is 6.33. The van der Waals surface area contributed by atoms with E-state index in [0.29, 0.717) is 23.1 Å². The summed E-state index contributed by atoms with van der Waals surface area (Å²) in [5.74, 6) is 0. The second-order valence-corrected chi connectivity index (χ2v) is 7.58. The molecule has 134 valence electrons. The molecule has 0 saturated carbocycles. The number of aromatic nitrogens is 1. The molecule has 1 unspecified atom stereocenters. The molecule has 0 aliphatic heterocycles. The molecule has 0 spiro atoms. The van der Waals surface area contributed by atoms with Crippen LogP contribution in [0.15, 0.2) is 36.4 Å². The highest BCUT2D eigenvalue weighted by Crippen LogP contribution is 2.33. The zero-order valence-electron chi connectivity index (χ0n) is 14.7. The van der Waals surface area contributed by atoms with Crippen LogP contribution >= 0.6 is 23.2 Å². The van der Waals surface area contributed by atoms with Crippen molar-refractivity contribution in [3.63, 3.8) is 0 Å². The van der Waals surface area contributed by atoms with Gasteiger partial charge in [-0.25, -0.2) is 0 Å². The second-order valence-electron chi connectivity index (χ2n) is 6.70. The molecule has 2 aromatic carbocycles. The maximum absolute atomic E-state index is 10.6. The van der Waals surface area contributed by atoms with E-state index in [9.17, 15) is 5.11 Å². The number of halogens is 2. The van der Waals surface area contributed by atoms with Gasteiger partial charge in [0.1, 0.15) is 0 Å². The van der Waals surface area contributed by atoms with Gasteiger partial charge in [-0.1, -0.05) is 36.5 Å². The van der Waals surface area contributed by atoms with Crippen molar-refractivity contribution in [3.8, 4) is 0 Å². The van der Waals surface area contributed by atoms with E-state index in [1.54, 1.807) is 0 Å². The average molecular weight is 379 g/mol. The third-order valence-electron chi connectivity index (χ3n) is 4.60. The third-order valence-corrected chi connectivity index (χ3v) is 5.07. The Kier molecular flexibility index (Phi) is 5.90. The van der Waals surface area contributed by atoms with Crippen LogP contribution in [0.5, 0.6) is 0 Å². The third kappa shape index (κ3) is 4.12. The topological polar surface area (TPSA) is 28.4 Å². The molecule has 1 heterocycles. The van der Waals surface area contributed by atoms with Gasteiger partial charge >= 0.3 is 0 Å². The van der Waals surface area contributed by atoms with Crippen molar-refractivity contribution in [3.05, 3.63) is 46.4 Å². The Hall–Kier alpha value is -1.26. The van der Waals surface area contributed by atoms with Crippen molar-refractivity contribution < 1.29 is 5.11 Å². The first-order valence-electron chi connectivity index (χ1n) is 8.73. The van der Waals surface area contributed by atoms with Crippen molar-refractivity contribution in [2.75, 3.05) is 20.1 Å².